The van der Waals surface area contributed by atoms with Crippen molar-refractivity contribution in [3.05, 3.63) is 46.6 Å². The zero-order valence-electron chi connectivity index (χ0n) is 12.4. The van der Waals surface area contributed by atoms with Crippen molar-refractivity contribution in [3.8, 4) is 11.8 Å². The normalized spacial score (nSPS) is 9.90. The summed E-state index contributed by atoms with van der Waals surface area (Å²) in [7, 11) is 1.79. The van der Waals surface area contributed by atoms with Crippen LogP contribution >= 0.6 is 0 Å². The molecule has 21 heavy (non-hydrogen) atoms. The van der Waals surface area contributed by atoms with Crippen LogP contribution in [0.4, 0.5) is 5.82 Å². The number of aryl methyl sites for hydroxylation is 3. The van der Waals surface area contributed by atoms with Crippen molar-refractivity contribution in [2.24, 2.45) is 12.8 Å². The molecule has 0 aliphatic rings. The average Bonchev–Trinajstić information content (AvgIpc) is 2.74. The van der Waals surface area contributed by atoms with Crippen LogP contribution in [0, 0.1) is 25.7 Å². The zero-order valence-corrected chi connectivity index (χ0v) is 12.4. The number of anilines is 1. The molecule has 0 saturated carbocycles. The number of nitrogens with zero attached hydrogens (tertiary/aromatic N) is 2. The number of carbonyl (C=O) groups is 1. The molecular weight excluding hydrogens is 264 g/mol. The van der Waals surface area contributed by atoms with Crippen LogP contribution < -0.4 is 11.1 Å². The van der Waals surface area contributed by atoms with Crippen LogP contribution in [-0.2, 0) is 7.05 Å². The van der Waals surface area contributed by atoms with Crippen LogP contribution in [0.2, 0.25) is 0 Å². The van der Waals surface area contributed by atoms with Gasteiger partial charge in [-0.25, -0.2) is 0 Å². The lowest BCUT2D eigenvalue weighted by Gasteiger charge is -2.06. The van der Waals surface area contributed by atoms with Gasteiger partial charge in [0.2, 0.25) is 0 Å². The fourth-order valence-electron chi connectivity index (χ4n) is 2.06. The zero-order chi connectivity index (χ0) is 15.4. The minimum atomic E-state index is -0.183. The maximum Gasteiger partial charge on any atom is 0.256 e. The number of nitrogens with one attached hydrogen (secondary N) is 1. The van der Waals surface area contributed by atoms with E-state index in [4.69, 9.17) is 5.73 Å². The first-order chi connectivity index (χ1) is 9.99. The van der Waals surface area contributed by atoms with Gasteiger partial charge in [0.05, 0.1) is 12.2 Å². The van der Waals surface area contributed by atoms with E-state index in [2.05, 4.69) is 22.3 Å². The van der Waals surface area contributed by atoms with E-state index in [-0.39, 0.29) is 5.91 Å². The van der Waals surface area contributed by atoms with Gasteiger partial charge in [0, 0.05) is 24.2 Å². The highest BCUT2D eigenvalue weighted by Crippen LogP contribution is 2.13. The van der Waals surface area contributed by atoms with Crippen molar-refractivity contribution >= 4 is 11.7 Å². The van der Waals surface area contributed by atoms with Crippen molar-refractivity contribution in [1.29, 1.82) is 0 Å². The van der Waals surface area contributed by atoms with Crippen LogP contribution in [0.15, 0.2) is 24.3 Å². The summed E-state index contributed by atoms with van der Waals surface area (Å²) in [6.07, 6.45) is 0. The molecule has 0 unspecified atom stereocenters. The van der Waals surface area contributed by atoms with Gasteiger partial charge < -0.3 is 11.1 Å². The Morgan fingerprint density at radius 1 is 1.33 bits per heavy atom. The SMILES string of the molecule is Cc1cc(C#CCN)cc(C(=O)Nc2cc(C)nn2C)c1. The maximum absolute atomic E-state index is 12.3. The van der Waals surface area contributed by atoms with Crippen LogP contribution in [0.1, 0.15) is 27.2 Å². The number of hydrogen-bond donors (Lipinski definition) is 2. The molecule has 1 aromatic carbocycles. The van der Waals surface area contributed by atoms with Crippen molar-refractivity contribution in [2.45, 2.75) is 13.8 Å². The quantitative estimate of drug-likeness (QED) is 0.822. The molecule has 0 spiro atoms. The number of amides is 1. The Kier molecular flexibility index (Phi) is 4.41. The third-order valence-corrected chi connectivity index (χ3v) is 2.92. The Hall–Kier alpha value is -2.58. The van der Waals surface area contributed by atoms with Crippen molar-refractivity contribution in [1.82, 2.24) is 9.78 Å². The molecule has 0 radical (unpaired) electrons. The summed E-state index contributed by atoms with van der Waals surface area (Å²) in [5.74, 6) is 6.22. The molecule has 0 saturated heterocycles. The maximum atomic E-state index is 12.3. The number of carbonyl (C=O) groups excluding carboxylic acids is 1. The molecule has 5 heteroatoms. The largest absolute Gasteiger partial charge is 0.320 e. The molecule has 3 N–H and O–H groups in total. The Morgan fingerprint density at radius 2 is 2.10 bits per heavy atom. The average molecular weight is 282 g/mol. The summed E-state index contributed by atoms with van der Waals surface area (Å²) in [6, 6.07) is 7.33. The lowest BCUT2D eigenvalue weighted by molar-refractivity contribution is 0.102. The molecule has 1 heterocycles. The molecule has 2 aromatic rings. The monoisotopic (exact) mass is 282 g/mol. The molecule has 1 aromatic heterocycles. The predicted octanol–water partition coefficient (Wildman–Crippen LogP) is 1.60. The van der Waals surface area contributed by atoms with Crippen molar-refractivity contribution in [2.75, 3.05) is 11.9 Å². The second kappa shape index (κ2) is 6.25. The fraction of sp³-hybridized carbons (Fsp3) is 0.250. The summed E-state index contributed by atoms with van der Waals surface area (Å²) < 4.78 is 1.64. The highest BCUT2D eigenvalue weighted by molar-refractivity contribution is 6.04. The van der Waals surface area contributed by atoms with Crippen molar-refractivity contribution in [3.63, 3.8) is 0 Å². The molecule has 1 amide bonds. The number of benzene rings is 1. The van der Waals surface area contributed by atoms with Crippen LogP contribution in [0.5, 0.6) is 0 Å². The second-order valence-corrected chi connectivity index (χ2v) is 4.84. The van der Waals surface area contributed by atoms with E-state index in [1.807, 2.05) is 32.0 Å². The van der Waals surface area contributed by atoms with E-state index in [1.165, 1.54) is 0 Å². The van der Waals surface area contributed by atoms with Gasteiger partial charge in [0.1, 0.15) is 5.82 Å². The summed E-state index contributed by atoms with van der Waals surface area (Å²) >= 11 is 0. The van der Waals surface area contributed by atoms with Gasteiger partial charge >= 0.3 is 0 Å². The molecular formula is C16H18N4O. The molecule has 0 atom stereocenters. The first-order valence-electron chi connectivity index (χ1n) is 6.62. The second-order valence-electron chi connectivity index (χ2n) is 4.84. The van der Waals surface area contributed by atoms with E-state index in [0.717, 1.165) is 16.8 Å². The number of hydrogen-bond acceptors (Lipinski definition) is 3. The van der Waals surface area contributed by atoms with E-state index in [1.54, 1.807) is 17.8 Å². The number of aromatic nitrogens is 2. The van der Waals surface area contributed by atoms with Crippen LogP contribution in [-0.4, -0.2) is 22.2 Å². The summed E-state index contributed by atoms with van der Waals surface area (Å²) in [6.45, 7) is 4.10. The molecule has 0 bridgehead atoms. The van der Waals surface area contributed by atoms with Crippen LogP contribution in [0.25, 0.3) is 0 Å². The molecule has 0 aliphatic carbocycles. The topological polar surface area (TPSA) is 72.9 Å². The lowest BCUT2D eigenvalue weighted by Crippen LogP contribution is -2.15. The highest BCUT2D eigenvalue weighted by Gasteiger charge is 2.10. The van der Waals surface area contributed by atoms with Crippen LogP contribution in [0.3, 0.4) is 0 Å². The molecule has 5 nitrogen and oxygen atoms in total. The van der Waals surface area contributed by atoms with Gasteiger partial charge in [-0.1, -0.05) is 11.8 Å². The minimum absolute atomic E-state index is 0.183. The Bertz CT molecular complexity index is 734. The van der Waals surface area contributed by atoms with Gasteiger partial charge in [-0.3, -0.25) is 9.48 Å². The fourth-order valence-corrected chi connectivity index (χ4v) is 2.06. The summed E-state index contributed by atoms with van der Waals surface area (Å²) in [5, 5.41) is 7.05. The standard InChI is InChI=1S/C16H18N4O/c1-11-7-13(5-4-6-17)10-14(8-11)16(21)18-15-9-12(2)19-20(15)3/h7-10H,6,17H2,1-3H3,(H,18,21). The Labute approximate surface area is 124 Å². The first-order valence-corrected chi connectivity index (χ1v) is 6.62. The Morgan fingerprint density at radius 3 is 2.71 bits per heavy atom. The first kappa shape index (κ1) is 14.8. The smallest absolute Gasteiger partial charge is 0.256 e. The van der Waals surface area contributed by atoms with E-state index in [0.29, 0.717) is 17.9 Å². The number of rotatable bonds is 2. The highest BCUT2D eigenvalue weighted by atomic mass is 16.1. The van der Waals surface area contributed by atoms with Gasteiger partial charge in [0.15, 0.2) is 0 Å². The third kappa shape index (κ3) is 3.71. The molecule has 2 rings (SSSR count). The van der Waals surface area contributed by atoms with Gasteiger partial charge in [0.25, 0.3) is 5.91 Å². The van der Waals surface area contributed by atoms with E-state index >= 15 is 0 Å². The minimum Gasteiger partial charge on any atom is -0.320 e. The van der Waals surface area contributed by atoms with Crippen molar-refractivity contribution < 1.29 is 4.79 Å². The summed E-state index contributed by atoms with van der Waals surface area (Å²) in [4.78, 5) is 12.3. The van der Waals surface area contributed by atoms with E-state index in [9.17, 15) is 4.79 Å². The van der Waals surface area contributed by atoms with Gasteiger partial charge in [-0.15, -0.1) is 0 Å². The predicted molar refractivity (Wildman–Crippen MR) is 83.0 cm³/mol. The van der Waals surface area contributed by atoms with Gasteiger partial charge in [-0.2, -0.15) is 5.10 Å². The molecule has 0 fully saturated rings. The molecule has 108 valence electrons. The van der Waals surface area contributed by atoms with Gasteiger partial charge in [-0.05, 0) is 37.6 Å². The summed E-state index contributed by atoms with van der Waals surface area (Å²) in [5.41, 5.74) is 8.55. The molecule has 0 aliphatic heterocycles. The lowest BCUT2D eigenvalue weighted by atomic mass is 10.1. The Balaban J connectivity index is 2.26. The number of nitrogens with two attached hydrogens (primary N) is 1. The third-order valence-electron chi connectivity index (χ3n) is 2.92. The van der Waals surface area contributed by atoms with E-state index < -0.39 is 0 Å².